The Morgan fingerprint density at radius 3 is 2.50 bits per heavy atom. The van der Waals surface area contributed by atoms with E-state index in [0.717, 1.165) is 33.7 Å². The van der Waals surface area contributed by atoms with Crippen LogP contribution in [-0.2, 0) is 16.4 Å². The van der Waals surface area contributed by atoms with E-state index in [1.807, 2.05) is 53.5 Å². The molecule has 0 spiro atoms. The molecule has 3 heterocycles. The minimum absolute atomic E-state index is 0.192. The first kappa shape index (κ1) is 20.6. The Bertz CT molecular complexity index is 1300. The van der Waals surface area contributed by atoms with Gasteiger partial charge in [-0.3, -0.25) is 9.67 Å². The third-order valence-electron chi connectivity index (χ3n) is 5.74. The van der Waals surface area contributed by atoms with Gasteiger partial charge >= 0.3 is 0 Å². The van der Waals surface area contributed by atoms with E-state index >= 15 is 0 Å². The SMILES string of the molecule is O=S1(=O)CC[N+](=C2[CH]C(c3ccccc3)=CC(c3ccn(Cc4cccnc4)n3)=C2)CC1. The summed E-state index contributed by atoms with van der Waals surface area (Å²) in [6.45, 7) is 1.67. The van der Waals surface area contributed by atoms with Crippen LogP contribution in [0.3, 0.4) is 0 Å². The normalized spacial score (nSPS) is 18.2. The molecule has 2 aromatic heterocycles. The lowest BCUT2D eigenvalue weighted by Gasteiger charge is -2.18. The number of hydrogen-bond donors (Lipinski definition) is 0. The van der Waals surface area contributed by atoms with Gasteiger partial charge in [-0.1, -0.05) is 36.4 Å². The maximum Gasteiger partial charge on any atom is 0.185 e. The van der Waals surface area contributed by atoms with Gasteiger partial charge in [0, 0.05) is 30.2 Å². The summed E-state index contributed by atoms with van der Waals surface area (Å²) in [6, 6.07) is 16.2. The lowest BCUT2D eigenvalue weighted by molar-refractivity contribution is -0.520. The standard InChI is InChI=1S/C25H24N4O2S/c30-32(31)13-11-28(12-14-32)24-16-22(21-6-2-1-3-7-21)15-23(17-24)25-8-10-29(27-25)19-20-5-4-9-26-18-20/h1-10,15-18H,11-14,19H2/q+1. The molecular formula is C25H24N4O2S+. The van der Waals surface area contributed by atoms with Gasteiger partial charge in [-0.25, -0.2) is 13.0 Å². The van der Waals surface area contributed by atoms with Crippen LogP contribution in [0.5, 0.6) is 0 Å². The summed E-state index contributed by atoms with van der Waals surface area (Å²) in [5.74, 6) is 0.384. The third kappa shape index (κ3) is 4.62. The Balaban J connectivity index is 1.50. The van der Waals surface area contributed by atoms with Crippen molar-refractivity contribution in [2.75, 3.05) is 24.6 Å². The molecule has 1 saturated heterocycles. The van der Waals surface area contributed by atoms with E-state index in [1.165, 1.54) is 0 Å². The van der Waals surface area contributed by atoms with E-state index in [2.05, 4.69) is 40.3 Å². The van der Waals surface area contributed by atoms with Crippen molar-refractivity contribution in [1.29, 1.82) is 0 Å². The van der Waals surface area contributed by atoms with E-state index in [0.29, 0.717) is 19.6 Å². The zero-order chi connectivity index (χ0) is 22.0. The van der Waals surface area contributed by atoms with Gasteiger partial charge in [0.25, 0.3) is 0 Å². The maximum absolute atomic E-state index is 11.9. The van der Waals surface area contributed by atoms with Crippen molar-refractivity contribution in [3.05, 3.63) is 103 Å². The van der Waals surface area contributed by atoms with E-state index in [1.54, 1.807) is 6.20 Å². The van der Waals surface area contributed by atoms with Gasteiger partial charge in [0.1, 0.15) is 11.5 Å². The molecule has 1 radical (unpaired) electrons. The van der Waals surface area contributed by atoms with Crippen LogP contribution in [0, 0.1) is 6.42 Å². The molecule has 3 aromatic rings. The van der Waals surface area contributed by atoms with Gasteiger partial charge in [-0.05, 0) is 34.9 Å². The second kappa shape index (κ2) is 8.67. The van der Waals surface area contributed by atoms with Crippen LogP contribution in [0.4, 0.5) is 0 Å². The quantitative estimate of drug-likeness (QED) is 0.581. The summed E-state index contributed by atoms with van der Waals surface area (Å²) < 4.78 is 27.9. The summed E-state index contributed by atoms with van der Waals surface area (Å²) in [6.07, 6.45) is 12.0. The Morgan fingerprint density at radius 2 is 1.75 bits per heavy atom. The number of aromatic nitrogens is 3. The van der Waals surface area contributed by atoms with Crippen molar-refractivity contribution in [3.63, 3.8) is 0 Å². The highest BCUT2D eigenvalue weighted by Gasteiger charge is 2.28. The van der Waals surface area contributed by atoms with Crippen LogP contribution in [0.1, 0.15) is 16.8 Å². The molecule has 161 valence electrons. The summed E-state index contributed by atoms with van der Waals surface area (Å²) in [4.78, 5) is 4.18. The van der Waals surface area contributed by atoms with Crippen LogP contribution in [-0.4, -0.2) is 58.1 Å². The lowest BCUT2D eigenvalue weighted by atomic mass is 9.91. The number of hydrogen-bond acceptors (Lipinski definition) is 4. The second-order valence-corrected chi connectivity index (χ2v) is 10.3. The van der Waals surface area contributed by atoms with Gasteiger partial charge < -0.3 is 0 Å². The van der Waals surface area contributed by atoms with E-state index in [9.17, 15) is 8.42 Å². The molecule has 1 aromatic carbocycles. The molecule has 0 bridgehead atoms. The number of rotatable bonds is 4. The van der Waals surface area contributed by atoms with Gasteiger partial charge in [-0.15, -0.1) is 0 Å². The summed E-state index contributed by atoms with van der Waals surface area (Å²) in [7, 11) is -2.94. The Kier molecular flexibility index (Phi) is 5.57. The molecule has 2 aliphatic rings. The van der Waals surface area contributed by atoms with E-state index < -0.39 is 9.84 Å². The molecule has 0 N–H and O–H groups in total. The Morgan fingerprint density at radius 1 is 0.938 bits per heavy atom. The molecule has 6 nitrogen and oxygen atoms in total. The first-order chi connectivity index (χ1) is 15.6. The van der Waals surface area contributed by atoms with Gasteiger partial charge in [0.2, 0.25) is 0 Å². The topological polar surface area (TPSA) is 67.9 Å². The Labute approximate surface area is 188 Å². The van der Waals surface area contributed by atoms with Crippen LogP contribution >= 0.6 is 0 Å². The number of benzene rings is 1. The predicted octanol–water partition coefficient (Wildman–Crippen LogP) is 2.89. The fourth-order valence-electron chi connectivity index (χ4n) is 3.99. The first-order valence-corrected chi connectivity index (χ1v) is 12.5. The molecule has 1 aliphatic heterocycles. The number of nitrogens with zero attached hydrogens (tertiary/aromatic N) is 4. The van der Waals surface area contributed by atoms with Crippen molar-refractivity contribution in [3.8, 4) is 0 Å². The third-order valence-corrected chi connectivity index (χ3v) is 7.35. The summed E-state index contributed by atoms with van der Waals surface area (Å²) in [5, 5.41) is 4.79. The average molecular weight is 445 g/mol. The molecule has 1 fully saturated rings. The van der Waals surface area contributed by atoms with Gasteiger partial charge in [0.05, 0.1) is 18.7 Å². The molecule has 0 saturated carbocycles. The van der Waals surface area contributed by atoms with Crippen LogP contribution < -0.4 is 0 Å². The van der Waals surface area contributed by atoms with Crippen molar-refractivity contribution in [2.45, 2.75) is 6.54 Å². The highest BCUT2D eigenvalue weighted by molar-refractivity contribution is 7.91. The minimum atomic E-state index is -2.94. The fraction of sp³-hybridized carbons (Fsp3) is 0.200. The van der Waals surface area contributed by atoms with Crippen LogP contribution in [0.2, 0.25) is 0 Å². The maximum atomic E-state index is 11.9. The predicted molar refractivity (Wildman–Crippen MR) is 126 cm³/mol. The number of sulfone groups is 1. The van der Waals surface area contributed by atoms with Crippen molar-refractivity contribution in [2.24, 2.45) is 0 Å². The largest absolute Gasteiger partial charge is 0.268 e. The zero-order valence-electron chi connectivity index (χ0n) is 17.6. The Hall–Kier alpha value is -3.32. The first-order valence-electron chi connectivity index (χ1n) is 10.6. The lowest BCUT2D eigenvalue weighted by Crippen LogP contribution is -2.37. The average Bonchev–Trinajstić information content (AvgIpc) is 3.28. The monoisotopic (exact) mass is 444 g/mol. The molecule has 7 heteroatoms. The second-order valence-electron chi connectivity index (χ2n) is 8.03. The van der Waals surface area contributed by atoms with Crippen molar-refractivity contribution < 1.29 is 13.0 Å². The van der Waals surface area contributed by atoms with Gasteiger partial charge in [0.15, 0.2) is 28.6 Å². The highest BCUT2D eigenvalue weighted by atomic mass is 32.2. The smallest absolute Gasteiger partial charge is 0.185 e. The molecular weight excluding hydrogens is 420 g/mol. The highest BCUT2D eigenvalue weighted by Crippen LogP contribution is 2.29. The van der Waals surface area contributed by atoms with Crippen molar-refractivity contribution >= 4 is 26.7 Å². The molecule has 0 amide bonds. The minimum Gasteiger partial charge on any atom is -0.268 e. The van der Waals surface area contributed by atoms with Gasteiger partial charge in [-0.2, -0.15) is 5.10 Å². The van der Waals surface area contributed by atoms with Crippen LogP contribution in [0.15, 0.2) is 79.3 Å². The van der Waals surface area contributed by atoms with Crippen molar-refractivity contribution in [1.82, 2.24) is 14.8 Å². The summed E-state index contributed by atoms with van der Waals surface area (Å²) >= 11 is 0. The molecule has 0 unspecified atom stereocenters. The molecule has 0 atom stereocenters. The summed E-state index contributed by atoms with van der Waals surface area (Å²) in [5.41, 5.74) is 6.23. The zero-order valence-corrected chi connectivity index (χ0v) is 18.4. The molecule has 1 aliphatic carbocycles. The molecule has 5 rings (SSSR count). The van der Waals surface area contributed by atoms with E-state index in [-0.39, 0.29) is 11.5 Å². The molecule has 32 heavy (non-hydrogen) atoms. The van der Waals surface area contributed by atoms with E-state index in [4.69, 9.17) is 5.10 Å². The number of allylic oxidation sites excluding steroid dienone is 4. The number of pyridine rings is 1. The fourth-order valence-corrected chi connectivity index (χ4v) is 5.19. The van der Waals surface area contributed by atoms with Crippen LogP contribution in [0.25, 0.3) is 11.1 Å².